The number of cyclic esters (lactones) is 1. The van der Waals surface area contributed by atoms with Gasteiger partial charge < -0.3 is 4.74 Å². The highest BCUT2D eigenvalue weighted by Gasteiger charge is 2.37. The summed E-state index contributed by atoms with van der Waals surface area (Å²) in [5.41, 5.74) is 0.977. The summed E-state index contributed by atoms with van der Waals surface area (Å²) < 4.78 is 36.7. The van der Waals surface area contributed by atoms with Crippen LogP contribution in [0.3, 0.4) is 0 Å². The monoisotopic (exact) mass is 407 g/mol. The topological polar surface area (TPSA) is 69.7 Å². The molecule has 27 heavy (non-hydrogen) atoms. The van der Waals surface area contributed by atoms with E-state index >= 15 is 0 Å². The Labute approximate surface area is 161 Å². The molecule has 7 heteroatoms. The van der Waals surface area contributed by atoms with Crippen molar-refractivity contribution in [1.29, 1.82) is 0 Å². The lowest BCUT2D eigenvalue weighted by molar-refractivity contribution is -0.154. The van der Waals surface area contributed by atoms with Crippen LogP contribution in [0.2, 0.25) is 0 Å². The average Bonchev–Trinajstić information content (AvgIpc) is 2.61. The molecule has 0 bridgehead atoms. The van der Waals surface area contributed by atoms with E-state index in [2.05, 4.69) is 0 Å². The molecule has 2 aromatic rings. The second-order valence-electron chi connectivity index (χ2n) is 7.00. The Morgan fingerprint density at radius 3 is 2.41 bits per heavy atom. The lowest BCUT2D eigenvalue weighted by Crippen LogP contribution is -2.31. The fraction of sp³-hybridized carbons (Fsp3) is 0.350. The minimum absolute atomic E-state index is 0.139. The summed E-state index contributed by atoms with van der Waals surface area (Å²) in [6, 6.07) is 15.9. The van der Waals surface area contributed by atoms with Crippen LogP contribution in [-0.2, 0) is 23.6 Å². The normalized spacial score (nSPS) is 21.5. The third-order valence-corrected chi connectivity index (χ3v) is 8.84. The second kappa shape index (κ2) is 8.51. The van der Waals surface area contributed by atoms with E-state index in [-0.39, 0.29) is 22.9 Å². The van der Waals surface area contributed by atoms with Crippen molar-refractivity contribution in [2.75, 3.05) is 6.16 Å². The highest BCUT2D eigenvalue weighted by molar-refractivity contribution is 7.92. The molecule has 0 amide bonds. The molecule has 0 aliphatic carbocycles. The molecule has 0 N–H and O–H groups in total. The van der Waals surface area contributed by atoms with Gasteiger partial charge in [0.2, 0.25) is 0 Å². The zero-order valence-electron chi connectivity index (χ0n) is 15.4. The van der Waals surface area contributed by atoms with Crippen molar-refractivity contribution in [3.8, 4) is 0 Å². The number of ether oxygens (including phenoxy) is 1. The fourth-order valence-electron chi connectivity index (χ4n) is 3.14. The van der Waals surface area contributed by atoms with Crippen molar-refractivity contribution in [2.24, 2.45) is 5.92 Å². The van der Waals surface area contributed by atoms with Gasteiger partial charge in [-0.2, -0.15) is 8.42 Å². The van der Waals surface area contributed by atoms with Crippen molar-refractivity contribution >= 4 is 29.5 Å². The summed E-state index contributed by atoms with van der Waals surface area (Å²) in [7, 11) is -5.84. The molecular formula is C20H24O5PS+. The summed E-state index contributed by atoms with van der Waals surface area (Å²) in [5.74, 6) is -0.00136. The van der Waals surface area contributed by atoms with Gasteiger partial charge in [-0.25, -0.2) is 0 Å². The van der Waals surface area contributed by atoms with Crippen LogP contribution in [0.1, 0.15) is 25.3 Å². The maximum Gasteiger partial charge on any atom is 0.328 e. The maximum absolute atomic E-state index is 12.8. The molecule has 0 saturated carbocycles. The Balaban J connectivity index is 1.84. The minimum Gasteiger partial charge on any atom is -0.458 e. The van der Waals surface area contributed by atoms with Gasteiger partial charge in [0.1, 0.15) is 17.6 Å². The third kappa shape index (κ3) is 5.38. The van der Waals surface area contributed by atoms with Crippen molar-refractivity contribution < 1.29 is 21.9 Å². The van der Waals surface area contributed by atoms with E-state index in [1.807, 2.05) is 44.2 Å². The zero-order chi connectivity index (χ0) is 19.4. The van der Waals surface area contributed by atoms with Crippen LogP contribution >= 0.6 is 8.15 Å². The summed E-state index contributed by atoms with van der Waals surface area (Å²) in [6.45, 7) is 3.90. The molecule has 144 valence electrons. The van der Waals surface area contributed by atoms with Gasteiger partial charge >= 0.3 is 16.1 Å². The SMILES string of the molecule is Cc1ccc(S(=O)(=O)O[PH+](CC2CC(C)CC(=O)O2)c2ccccc2)cc1. The van der Waals surface area contributed by atoms with E-state index in [1.165, 1.54) is 0 Å². The van der Waals surface area contributed by atoms with Crippen molar-refractivity contribution in [2.45, 2.75) is 37.7 Å². The highest BCUT2D eigenvalue weighted by Crippen LogP contribution is 2.42. The third-order valence-electron chi connectivity index (χ3n) is 4.51. The number of aryl methyl sites for hydroxylation is 1. The number of carbonyl (C=O) groups excluding carboxylic acids is 1. The van der Waals surface area contributed by atoms with Crippen molar-refractivity contribution in [1.82, 2.24) is 0 Å². The van der Waals surface area contributed by atoms with Gasteiger partial charge in [-0.15, -0.1) is 3.97 Å². The van der Waals surface area contributed by atoms with Gasteiger partial charge in [-0.3, -0.25) is 4.79 Å². The highest BCUT2D eigenvalue weighted by atomic mass is 32.2. The molecule has 5 nitrogen and oxygen atoms in total. The number of carbonyl (C=O) groups is 1. The standard InChI is InChI=1S/C20H23O5PS/c1-15-8-10-19(11-9-15)27(22,23)25-26(18-6-4-3-5-7-18)14-17-12-16(2)13-20(21)24-17/h3-11,16-17H,12-14H2,1-2H3/p+1. The summed E-state index contributed by atoms with van der Waals surface area (Å²) >= 11 is 0. The number of hydrogen-bond acceptors (Lipinski definition) is 5. The first-order valence-electron chi connectivity index (χ1n) is 8.95. The van der Waals surface area contributed by atoms with Gasteiger partial charge in [0.15, 0.2) is 8.15 Å². The Morgan fingerprint density at radius 1 is 1.11 bits per heavy atom. The molecule has 1 aliphatic heterocycles. The predicted octanol–water partition coefficient (Wildman–Crippen LogP) is 3.50. The van der Waals surface area contributed by atoms with Gasteiger partial charge in [0, 0.05) is 6.42 Å². The van der Waals surface area contributed by atoms with Crippen molar-refractivity contribution in [3.05, 3.63) is 60.2 Å². The molecule has 1 aliphatic rings. The second-order valence-corrected chi connectivity index (χ2v) is 10.9. The van der Waals surface area contributed by atoms with Crippen LogP contribution < -0.4 is 5.30 Å². The first-order chi connectivity index (χ1) is 12.8. The van der Waals surface area contributed by atoms with E-state index in [9.17, 15) is 13.2 Å². The van der Waals surface area contributed by atoms with E-state index in [0.717, 1.165) is 17.3 Å². The van der Waals surface area contributed by atoms with Crippen LogP contribution in [0.5, 0.6) is 0 Å². The molecule has 3 unspecified atom stereocenters. The smallest absolute Gasteiger partial charge is 0.328 e. The van der Waals surface area contributed by atoms with Crippen LogP contribution in [0, 0.1) is 12.8 Å². The number of rotatable bonds is 6. The lowest BCUT2D eigenvalue weighted by atomic mass is 9.98. The van der Waals surface area contributed by atoms with Crippen LogP contribution in [0.25, 0.3) is 0 Å². The quantitative estimate of drug-likeness (QED) is 0.542. The zero-order valence-corrected chi connectivity index (χ0v) is 17.2. The molecule has 0 spiro atoms. The van der Waals surface area contributed by atoms with Crippen LogP contribution in [-0.4, -0.2) is 26.7 Å². The summed E-state index contributed by atoms with van der Waals surface area (Å²) in [6.07, 6.45) is 1.21. The molecule has 1 saturated heterocycles. The number of hydrogen-bond donors (Lipinski definition) is 0. The van der Waals surface area contributed by atoms with E-state index in [0.29, 0.717) is 12.6 Å². The predicted molar refractivity (Wildman–Crippen MR) is 107 cm³/mol. The summed E-state index contributed by atoms with van der Waals surface area (Å²) in [4.78, 5) is 11.9. The molecule has 3 atom stereocenters. The number of benzene rings is 2. The molecule has 0 radical (unpaired) electrons. The van der Waals surface area contributed by atoms with E-state index in [1.54, 1.807) is 24.3 Å². The Hall–Kier alpha value is -1.75. The van der Waals surface area contributed by atoms with Gasteiger partial charge in [0.25, 0.3) is 0 Å². The van der Waals surface area contributed by atoms with Gasteiger partial charge in [-0.1, -0.05) is 42.8 Å². The molecule has 1 fully saturated rings. The molecule has 1 heterocycles. The van der Waals surface area contributed by atoms with Crippen molar-refractivity contribution in [3.63, 3.8) is 0 Å². The maximum atomic E-state index is 12.8. The first kappa shape index (κ1) is 20.0. The van der Waals surface area contributed by atoms with Crippen LogP contribution in [0.15, 0.2) is 59.5 Å². The average molecular weight is 407 g/mol. The van der Waals surface area contributed by atoms with Gasteiger partial charge in [-0.05, 0) is 43.5 Å². The first-order valence-corrected chi connectivity index (χ1v) is 12.0. The fourth-order valence-corrected chi connectivity index (χ4v) is 7.17. The number of esters is 1. The van der Waals surface area contributed by atoms with Gasteiger partial charge in [0.05, 0.1) is 4.90 Å². The van der Waals surface area contributed by atoms with E-state index < -0.39 is 18.3 Å². The largest absolute Gasteiger partial charge is 0.458 e. The lowest BCUT2D eigenvalue weighted by Gasteiger charge is -2.26. The Morgan fingerprint density at radius 2 is 1.78 bits per heavy atom. The molecule has 2 aromatic carbocycles. The van der Waals surface area contributed by atoms with E-state index in [4.69, 9.17) is 8.71 Å². The molecule has 3 rings (SSSR count). The van der Waals surface area contributed by atoms with Crippen LogP contribution in [0.4, 0.5) is 0 Å². The molecule has 0 aromatic heterocycles. The summed E-state index contributed by atoms with van der Waals surface area (Å²) in [5, 5.41) is 0.840. The Bertz CT molecular complexity index is 880. The molecular weight excluding hydrogens is 383 g/mol. The Kier molecular flexibility index (Phi) is 6.30. The minimum atomic E-state index is -3.90.